The lowest BCUT2D eigenvalue weighted by molar-refractivity contribution is -0.666. The lowest BCUT2D eigenvalue weighted by atomic mass is 9.98. The third-order valence-electron chi connectivity index (χ3n) is 5.67. The van der Waals surface area contributed by atoms with E-state index in [1.165, 1.54) is 33.6 Å². The van der Waals surface area contributed by atoms with Crippen molar-refractivity contribution in [2.75, 3.05) is 0 Å². The van der Waals surface area contributed by atoms with E-state index in [1.54, 1.807) is 0 Å². The minimum absolute atomic E-state index is 0.746. The molecule has 0 aliphatic heterocycles. The van der Waals surface area contributed by atoms with E-state index < -0.39 is 0 Å². The first-order chi connectivity index (χ1) is 15.8. The molecule has 0 saturated carbocycles. The van der Waals surface area contributed by atoms with Crippen LogP contribution in [0.5, 0.6) is 0 Å². The third-order valence-corrected chi connectivity index (χ3v) is 5.92. The molecule has 1 aromatic heterocycles. The van der Waals surface area contributed by atoms with Crippen molar-refractivity contribution in [2.45, 2.75) is 6.54 Å². The van der Waals surface area contributed by atoms with Gasteiger partial charge < -0.3 is 0 Å². The molecular formula is C30H23ClN+. The Balaban J connectivity index is 1.78. The summed E-state index contributed by atoms with van der Waals surface area (Å²) in [5.74, 6) is 0. The Morgan fingerprint density at radius 3 is 1.44 bits per heavy atom. The van der Waals surface area contributed by atoms with Crippen molar-refractivity contribution < 1.29 is 4.57 Å². The molecule has 0 fully saturated rings. The van der Waals surface area contributed by atoms with Crippen LogP contribution in [-0.4, -0.2) is 0 Å². The summed E-state index contributed by atoms with van der Waals surface area (Å²) in [5.41, 5.74) is 8.33. The van der Waals surface area contributed by atoms with Gasteiger partial charge in [-0.15, -0.1) is 0 Å². The van der Waals surface area contributed by atoms with Crippen LogP contribution in [0.4, 0.5) is 0 Å². The Bertz CT molecular complexity index is 1250. The van der Waals surface area contributed by atoms with Crippen LogP contribution in [0.2, 0.25) is 5.02 Å². The van der Waals surface area contributed by atoms with Crippen molar-refractivity contribution in [3.8, 4) is 33.6 Å². The minimum atomic E-state index is 0.746. The van der Waals surface area contributed by atoms with Crippen molar-refractivity contribution in [1.29, 1.82) is 0 Å². The van der Waals surface area contributed by atoms with E-state index >= 15 is 0 Å². The summed E-state index contributed by atoms with van der Waals surface area (Å²) in [6, 6.07) is 44.5. The number of halogens is 1. The Kier molecular flexibility index (Phi) is 5.83. The molecule has 2 heteroatoms. The van der Waals surface area contributed by atoms with Crippen molar-refractivity contribution in [3.05, 3.63) is 138 Å². The number of aromatic nitrogens is 1. The number of rotatable bonds is 5. The Hall–Kier alpha value is -3.68. The number of nitrogens with zero attached hydrogens (tertiary/aromatic N) is 1. The molecule has 0 radical (unpaired) electrons. The molecule has 0 amide bonds. The highest BCUT2D eigenvalue weighted by Gasteiger charge is 2.23. The van der Waals surface area contributed by atoms with Crippen LogP contribution in [0.25, 0.3) is 33.6 Å². The molecule has 0 aliphatic rings. The van der Waals surface area contributed by atoms with E-state index in [0.717, 1.165) is 17.1 Å². The molecule has 0 aliphatic carbocycles. The van der Waals surface area contributed by atoms with Gasteiger partial charge in [-0.25, -0.2) is 0 Å². The lowest BCUT2D eigenvalue weighted by Gasteiger charge is -2.13. The van der Waals surface area contributed by atoms with Crippen molar-refractivity contribution in [3.63, 3.8) is 0 Å². The topological polar surface area (TPSA) is 3.88 Å². The van der Waals surface area contributed by atoms with Crippen molar-refractivity contribution >= 4 is 11.6 Å². The van der Waals surface area contributed by atoms with Gasteiger partial charge in [0.2, 0.25) is 11.4 Å². The van der Waals surface area contributed by atoms with E-state index in [0.29, 0.717) is 0 Å². The van der Waals surface area contributed by atoms with Crippen LogP contribution >= 0.6 is 11.6 Å². The van der Waals surface area contributed by atoms with E-state index in [1.807, 2.05) is 12.1 Å². The van der Waals surface area contributed by atoms with Crippen LogP contribution in [0.1, 0.15) is 5.56 Å². The first-order valence-corrected chi connectivity index (χ1v) is 11.1. The fraction of sp³-hybridized carbons (Fsp3) is 0.0333. The molecule has 0 atom stereocenters. The van der Waals surface area contributed by atoms with Gasteiger partial charge in [-0.3, -0.25) is 0 Å². The summed E-state index contributed by atoms with van der Waals surface area (Å²) in [4.78, 5) is 0. The summed E-state index contributed by atoms with van der Waals surface area (Å²) in [6.45, 7) is 0.788. The van der Waals surface area contributed by atoms with Crippen LogP contribution in [-0.2, 0) is 6.54 Å². The first-order valence-electron chi connectivity index (χ1n) is 10.8. The number of pyridine rings is 1. The van der Waals surface area contributed by atoms with Crippen LogP contribution in [0, 0.1) is 0 Å². The fourth-order valence-corrected chi connectivity index (χ4v) is 4.19. The third kappa shape index (κ3) is 4.34. The zero-order valence-electron chi connectivity index (χ0n) is 17.7. The molecule has 1 heterocycles. The lowest BCUT2D eigenvalue weighted by Crippen LogP contribution is -2.39. The average molecular weight is 433 g/mol. The molecule has 5 rings (SSSR count). The number of benzene rings is 4. The molecule has 0 saturated heterocycles. The highest BCUT2D eigenvalue weighted by molar-refractivity contribution is 6.30. The van der Waals surface area contributed by atoms with Crippen LogP contribution in [0.3, 0.4) is 0 Å². The summed E-state index contributed by atoms with van der Waals surface area (Å²) in [7, 11) is 0. The summed E-state index contributed by atoms with van der Waals surface area (Å²) in [6.07, 6.45) is 0. The van der Waals surface area contributed by atoms with Gasteiger partial charge in [-0.1, -0.05) is 90.5 Å². The largest absolute Gasteiger partial charge is 0.213 e. The second-order valence-electron chi connectivity index (χ2n) is 7.83. The molecule has 0 spiro atoms. The quantitative estimate of drug-likeness (QED) is 0.251. The fourth-order valence-electron chi connectivity index (χ4n) is 4.06. The normalized spacial score (nSPS) is 10.8. The molecule has 1 nitrogen and oxygen atoms in total. The van der Waals surface area contributed by atoms with Gasteiger partial charge in [-0.05, 0) is 47.5 Å². The van der Waals surface area contributed by atoms with Gasteiger partial charge in [0, 0.05) is 33.8 Å². The molecule has 4 aromatic carbocycles. The monoisotopic (exact) mass is 432 g/mol. The minimum Gasteiger partial charge on any atom is -0.187 e. The SMILES string of the molecule is Clc1ccc(-c2cc(-c3ccccc3)[n+](Cc3ccccc3)c(-c3ccccc3)c2)cc1. The van der Waals surface area contributed by atoms with Gasteiger partial charge >= 0.3 is 0 Å². The van der Waals surface area contributed by atoms with Gasteiger partial charge in [0.15, 0.2) is 6.54 Å². The van der Waals surface area contributed by atoms with Gasteiger partial charge in [0.25, 0.3) is 0 Å². The maximum absolute atomic E-state index is 6.16. The second kappa shape index (κ2) is 9.21. The van der Waals surface area contributed by atoms with Crippen molar-refractivity contribution in [1.82, 2.24) is 0 Å². The van der Waals surface area contributed by atoms with E-state index in [-0.39, 0.29) is 0 Å². The standard InChI is InChI=1S/C30H23ClN/c31-28-18-16-24(17-19-28)27-20-29(25-12-6-2-7-13-25)32(22-23-10-4-1-5-11-23)30(21-27)26-14-8-3-9-15-26/h1-21H,22H2/q+1. The first kappa shape index (κ1) is 20.2. The maximum Gasteiger partial charge on any atom is 0.213 e. The number of hydrogen-bond acceptors (Lipinski definition) is 0. The molecular weight excluding hydrogens is 410 g/mol. The molecule has 0 unspecified atom stereocenters. The second-order valence-corrected chi connectivity index (χ2v) is 8.26. The Morgan fingerprint density at radius 1 is 0.469 bits per heavy atom. The van der Waals surface area contributed by atoms with Gasteiger partial charge in [0.1, 0.15) is 0 Å². The van der Waals surface area contributed by atoms with Crippen molar-refractivity contribution in [2.24, 2.45) is 0 Å². The molecule has 0 N–H and O–H groups in total. The van der Waals surface area contributed by atoms with Gasteiger partial charge in [0.05, 0.1) is 0 Å². The average Bonchev–Trinajstić information content (AvgIpc) is 2.86. The van der Waals surface area contributed by atoms with E-state index in [9.17, 15) is 0 Å². The molecule has 0 bridgehead atoms. The Labute approximate surface area is 194 Å². The predicted molar refractivity (Wildman–Crippen MR) is 133 cm³/mol. The zero-order chi connectivity index (χ0) is 21.8. The predicted octanol–water partition coefficient (Wildman–Crippen LogP) is 7.68. The highest BCUT2D eigenvalue weighted by atomic mass is 35.5. The highest BCUT2D eigenvalue weighted by Crippen LogP contribution is 2.30. The summed E-state index contributed by atoms with van der Waals surface area (Å²) < 4.78 is 2.42. The van der Waals surface area contributed by atoms with Crippen LogP contribution in [0.15, 0.2) is 127 Å². The van der Waals surface area contributed by atoms with Gasteiger partial charge in [-0.2, -0.15) is 4.57 Å². The number of hydrogen-bond donors (Lipinski definition) is 0. The smallest absolute Gasteiger partial charge is 0.187 e. The Morgan fingerprint density at radius 2 is 0.938 bits per heavy atom. The maximum atomic E-state index is 6.16. The summed E-state index contributed by atoms with van der Waals surface area (Å²) >= 11 is 6.16. The van der Waals surface area contributed by atoms with E-state index in [4.69, 9.17) is 11.6 Å². The zero-order valence-corrected chi connectivity index (χ0v) is 18.4. The molecule has 5 aromatic rings. The van der Waals surface area contributed by atoms with Crippen LogP contribution < -0.4 is 4.57 Å². The molecule has 32 heavy (non-hydrogen) atoms. The van der Waals surface area contributed by atoms with E-state index in [2.05, 4.69) is 120 Å². The summed E-state index contributed by atoms with van der Waals surface area (Å²) in [5, 5.41) is 0.746. The molecule has 154 valence electrons.